The number of aliphatic hydroxyl groups excluding tert-OH is 6. The van der Waals surface area contributed by atoms with Crippen molar-refractivity contribution in [2.75, 3.05) is 6.79 Å². The Hall–Kier alpha value is -1.38. The number of hydrogen-bond donors (Lipinski definition) is 8. The molecule has 2 rings (SSSR count). The van der Waals surface area contributed by atoms with Crippen molar-refractivity contribution in [3.05, 3.63) is 0 Å². The largest absolute Gasteiger partial charge is 0.479 e. The minimum absolute atomic E-state index is 0.577. The molecule has 0 aromatic rings. The van der Waals surface area contributed by atoms with Crippen LogP contribution in [0, 0.1) is 0 Å². The zero-order chi connectivity index (χ0) is 20.6. The molecule has 2 saturated carbocycles. The summed E-state index contributed by atoms with van der Waals surface area (Å²) in [5.74, 6) is -2.88. The van der Waals surface area contributed by atoms with E-state index in [1.165, 1.54) is 0 Å². The lowest BCUT2D eigenvalue weighted by atomic mass is 9.79. The van der Waals surface area contributed by atoms with Crippen LogP contribution in [0.25, 0.3) is 0 Å². The van der Waals surface area contributed by atoms with E-state index in [4.69, 9.17) is 4.74 Å². The Labute approximate surface area is 153 Å². The van der Waals surface area contributed by atoms with E-state index in [-0.39, 0.29) is 0 Å². The first kappa shape index (κ1) is 21.9. The van der Waals surface area contributed by atoms with Crippen LogP contribution in [-0.2, 0) is 19.1 Å². The van der Waals surface area contributed by atoms with Crippen LogP contribution < -0.4 is 0 Å². The third-order valence-corrected chi connectivity index (χ3v) is 5.04. The van der Waals surface area contributed by atoms with Gasteiger partial charge in [-0.25, -0.2) is 9.59 Å². The quantitative estimate of drug-likeness (QED) is 0.164. The first-order valence-corrected chi connectivity index (χ1v) is 8.27. The average Bonchev–Trinajstić information content (AvgIpc) is 2.57. The zero-order valence-corrected chi connectivity index (χ0v) is 14.2. The number of hydrogen-bond acceptors (Lipinski definition) is 11. The molecule has 27 heavy (non-hydrogen) atoms. The molecule has 0 bridgehead atoms. The molecule has 156 valence electrons. The number of carbonyl (C=O) groups excluding carboxylic acids is 1. The number of carboxylic acids is 1. The molecule has 2 fully saturated rings. The third kappa shape index (κ3) is 4.38. The van der Waals surface area contributed by atoms with Crippen LogP contribution in [0.5, 0.6) is 0 Å². The van der Waals surface area contributed by atoms with Gasteiger partial charge >= 0.3 is 11.9 Å². The van der Waals surface area contributed by atoms with Gasteiger partial charge in [-0.15, -0.1) is 0 Å². The average molecular weight is 396 g/mol. The minimum atomic E-state index is -2.32. The Balaban J connectivity index is 1.99. The second-order valence-electron chi connectivity index (χ2n) is 7.09. The maximum Gasteiger partial charge on any atom is 0.340 e. The summed E-state index contributed by atoms with van der Waals surface area (Å²) < 4.78 is 9.73. The number of aliphatic hydroxyl groups is 7. The Morgan fingerprint density at radius 1 is 0.815 bits per heavy atom. The van der Waals surface area contributed by atoms with Crippen LogP contribution in [0.4, 0.5) is 0 Å². The molecule has 0 amide bonds. The highest BCUT2D eigenvalue weighted by atomic mass is 16.7. The number of carbonyl (C=O) groups is 2. The molecule has 2 aliphatic carbocycles. The number of rotatable bonds is 5. The molecule has 12 nitrogen and oxygen atoms in total. The molecule has 0 aromatic carbocycles. The van der Waals surface area contributed by atoms with E-state index in [1.807, 2.05) is 0 Å². The first-order valence-electron chi connectivity index (χ1n) is 8.27. The van der Waals surface area contributed by atoms with Crippen molar-refractivity contribution in [3.63, 3.8) is 0 Å². The van der Waals surface area contributed by atoms with E-state index >= 15 is 0 Å². The third-order valence-electron chi connectivity index (χ3n) is 5.04. The summed E-state index contributed by atoms with van der Waals surface area (Å²) in [5, 5.41) is 77.1. The lowest BCUT2D eigenvalue weighted by Gasteiger charge is -2.41. The highest BCUT2D eigenvalue weighted by Gasteiger charge is 2.52. The topological polar surface area (TPSA) is 214 Å². The maximum atomic E-state index is 12.1. The molecule has 8 N–H and O–H groups in total. The van der Waals surface area contributed by atoms with Crippen molar-refractivity contribution >= 4 is 11.9 Å². The standard InChI is InChI=1S/C15H24O12/c16-6-1-14(25,2-7(17)10(6)20)13(24)26-5-27-15(12(22)23)3-8(18)11(21)9(19)4-15/h6-11,16-21,25H,1-5H2,(H,22,23)/t6-,7-,8-,9-,10?,11?,14?,15?/m1/s1. The number of carboxylic acid groups (broad SMARTS) is 1. The van der Waals surface area contributed by atoms with Gasteiger partial charge in [0.25, 0.3) is 0 Å². The van der Waals surface area contributed by atoms with E-state index in [9.17, 15) is 50.4 Å². The van der Waals surface area contributed by atoms with Gasteiger partial charge in [0.15, 0.2) is 18.0 Å². The molecule has 0 aliphatic heterocycles. The highest BCUT2D eigenvalue weighted by molar-refractivity contribution is 5.80. The summed E-state index contributed by atoms with van der Waals surface area (Å²) in [6.45, 7) is -0.974. The smallest absolute Gasteiger partial charge is 0.340 e. The van der Waals surface area contributed by atoms with Crippen LogP contribution in [-0.4, -0.2) is 107 Å². The fourth-order valence-electron chi connectivity index (χ4n) is 3.38. The summed E-state index contributed by atoms with van der Waals surface area (Å²) in [5.41, 5.74) is -4.46. The predicted molar refractivity (Wildman–Crippen MR) is 81.9 cm³/mol. The Morgan fingerprint density at radius 3 is 1.63 bits per heavy atom. The second-order valence-corrected chi connectivity index (χ2v) is 7.09. The summed E-state index contributed by atoms with van der Waals surface area (Å²) in [4.78, 5) is 23.6. The SMILES string of the molecule is O=C(OCOC1(C(=O)O)C[C@@H](O)C(O)[C@H](O)C1)C1(O)C[C@@H](O)C(O)[C@H](O)C1. The zero-order valence-electron chi connectivity index (χ0n) is 14.2. The van der Waals surface area contributed by atoms with Gasteiger partial charge in [0.05, 0.1) is 24.4 Å². The van der Waals surface area contributed by atoms with E-state index in [0.29, 0.717) is 0 Å². The minimum Gasteiger partial charge on any atom is -0.479 e. The van der Waals surface area contributed by atoms with Gasteiger partial charge in [-0.1, -0.05) is 0 Å². The lowest BCUT2D eigenvalue weighted by Crippen LogP contribution is -2.58. The van der Waals surface area contributed by atoms with Crippen LogP contribution >= 0.6 is 0 Å². The van der Waals surface area contributed by atoms with Crippen molar-refractivity contribution in [2.45, 2.75) is 73.5 Å². The first-order chi connectivity index (χ1) is 12.4. The van der Waals surface area contributed by atoms with Crippen molar-refractivity contribution < 1.29 is 59.9 Å². The van der Waals surface area contributed by atoms with Crippen molar-refractivity contribution in [1.82, 2.24) is 0 Å². The fourth-order valence-corrected chi connectivity index (χ4v) is 3.38. The normalized spacial score (nSPS) is 45.3. The molecule has 0 spiro atoms. The van der Waals surface area contributed by atoms with E-state index in [0.717, 1.165) is 0 Å². The summed E-state index contributed by atoms with van der Waals surface area (Å²) in [6.07, 6.45) is -11.8. The Morgan fingerprint density at radius 2 is 1.22 bits per heavy atom. The van der Waals surface area contributed by atoms with Gasteiger partial charge in [0, 0.05) is 25.7 Å². The van der Waals surface area contributed by atoms with Gasteiger partial charge in [-0.05, 0) is 0 Å². The van der Waals surface area contributed by atoms with Gasteiger partial charge < -0.3 is 50.3 Å². The number of esters is 1. The second kappa shape index (κ2) is 7.93. The van der Waals surface area contributed by atoms with Crippen molar-refractivity contribution in [2.24, 2.45) is 0 Å². The van der Waals surface area contributed by atoms with Crippen LogP contribution in [0.15, 0.2) is 0 Å². The molecule has 4 atom stereocenters. The predicted octanol–water partition coefficient (Wildman–Crippen LogP) is -4.19. The molecule has 0 aromatic heterocycles. The number of ether oxygens (including phenoxy) is 2. The maximum absolute atomic E-state index is 12.1. The number of aliphatic carboxylic acids is 1. The van der Waals surface area contributed by atoms with Crippen molar-refractivity contribution in [3.8, 4) is 0 Å². The lowest BCUT2D eigenvalue weighted by molar-refractivity contribution is -0.231. The van der Waals surface area contributed by atoms with Gasteiger partial charge in [-0.2, -0.15) is 0 Å². The summed E-state index contributed by atoms with van der Waals surface area (Å²) in [6, 6.07) is 0. The molecule has 0 heterocycles. The summed E-state index contributed by atoms with van der Waals surface area (Å²) in [7, 11) is 0. The van der Waals surface area contributed by atoms with Gasteiger partial charge in [0.1, 0.15) is 12.2 Å². The van der Waals surface area contributed by atoms with E-state index in [1.54, 1.807) is 0 Å². The Kier molecular flexibility index (Phi) is 6.44. The molecular formula is C15H24O12. The molecule has 0 saturated heterocycles. The molecule has 0 unspecified atom stereocenters. The van der Waals surface area contributed by atoms with Gasteiger partial charge in [0.2, 0.25) is 0 Å². The molecule has 12 heteroatoms. The van der Waals surface area contributed by atoms with Crippen molar-refractivity contribution in [1.29, 1.82) is 0 Å². The molecule has 0 radical (unpaired) electrons. The molecular weight excluding hydrogens is 372 g/mol. The molecule has 2 aliphatic rings. The van der Waals surface area contributed by atoms with Crippen LogP contribution in [0.2, 0.25) is 0 Å². The Bertz CT molecular complexity index is 541. The summed E-state index contributed by atoms with van der Waals surface area (Å²) >= 11 is 0. The highest BCUT2D eigenvalue weighted by Crippen LogP contribution is 2.34. The van der Waals surface area contributed by atoms with Gasteiger partial charge in [-0.3, -0.25) is 0 Å². The fraction of sp³-hybridized carbons (Fsp3) is 0.867. The monoisotopic (exact) mass is 396 g/mol. The van der Waals surface area contributed by atoms with Crippen LogP contribution in [0.1, 0.15) is 25.7 Å². The van der Waals surface area contributed by atoms with Crippen LogP contribution in [0.3, 0.4) is 0 Å². The van der Waals surface area contributed by atoms with E-state index in [2.05, 4.69) is 4.74 Å². The van der Waals surface area contributed by atoms with E-state index < -0.39 is 92.2 Å².